The fourth-order valence-electron chi connectivity index (χ4n) is 2.36. The molecule has 0 bridgehead atoms. The van der Waals surface area contributed by atoms with E-state index in [-0.39, 0.29) is 35.7 Å². The lowest BCUT2D eigenvalue weighted by atomic mass is 10.2. The van der Waals surface area contributed by atoms with Gasteiger partial charge in [0.15, 0.2) is 0 Å². The van der Waals surface area contributed by atoms with Crippen molar-refractivity contribution in [3.05, 3.63) is 28.1 Å². The first-order valence-corrected chi connectivity index (χ1v) is 8.02. The Morgan fingerprint density at radius 3 is 2.81 bits per heavy atom. The van der Waals surface area contributed by atoms with Crippen molar-refractivity contribution in [1.82, 2.24) is 15.2 Å². The number of nitrogens with zero attached hydrogens (tertiary/aromatic N) is 3. The molecule has 1 aromatic rings. The molecule has 1 aromatic heterocycles. The van der Waals surface area contributed by atoms with Crippen molar-refractivity contribution < 1.29 is 29.1 Å². The molecule has 0 radical (unpaired) electrons. The molecule has 1 atom stereocenters. The van der Waals surface area contributed by atoms with Crippen LogP contribution in [0.1, 0.15) is 23.8 Å². The van der Waals surface area contributed by atoms with Crippen LogP contribution >= 0.6 is 0 Å². The normalized spacial score (nSPS) is 15.2. The number of ether oxygens (including phenoxy) is 2. The molecular weight excluding hydrogens is 348 g/mol. The van der Waals surface area contributed by atoms with Crippen molar-refractivity contribution in [3.63, 3.8) is 0 Å². The molecule has 1 aliphatic rings. The summed E-state index contributed by atoms with van der Waals surface area (Å²) in [5.41, 5.74) is -0.313. The summed E-state index contributed by atoms with van der Waals surface area (Å²) in [6, 6.07) is 0.855. The van der Waals surface area contributed by atoms with Crippen LogP contribution in [0.25, 0.3) is 0 Å². The van der Waals surface area contributed by atoms with Gasteiger partial charge in [-0.25, -0.2) is 9.78 Å². The Morgan fingerprint density at radius 1 is 1.50 bits per heavy atom. The third kappa shape index (κ3) is 5.28. The highest BCUT2D eigenvalue weighted by Crippen LogP contribution is 2.27. The number of carbonyl (C=O) groups is 2. The topological polar surface area (TPSA) is 144 Å². The van der Waals surface area contributed by atoms with Crippen LogP contribution in [0.4, 0.5) is 10.5 Å². The summed E-state index contributed by atoms with van der Waals surface area (Å²) in [7, 11) is 0. The van der Waals surface area contributed by atoms with Gasteiger partial charge in [-0.05, 0) is 6.92 Å². The first kappa shape index (κ1) is 19.4. The second-order valence-electron chi connectivity index (χ2n) is 5.69. The molecule has 0 aliphatic carbocycles. The molecule has 11 heteroatoms. The zero-order chi connectivity index (χ0) is 19.1. The highest BCUT2D eigenvalue weighted by atomic mass is 16.6. The lowest BCUT2D eigenvalue weighted by Crippen LogP contribution is -2.41. The number of morpholine rings is 1. The summed E-state index contributed by atoms with van der Waals surface area (Å²) in [6.07, 6.45) is 0.131. The van der Waals surface area contributed by atoms with Crippen LogP contribution in [-0.4, -0.2) is 70.9 Å². The second kappa shape index (κ2) is 8.94. The van der Waals surface area contributed by atoms with Crippen molar-refractivity contribution in [2.75, 3.05) is 32.9 Å². The van der Waals surface area contributed by atoms with E-state index in [0.29, 0.717) is 32.7 Å². The zero-order valence-electron chi connectivity index (χ0n) is 14.2. The molecule has 1 aliphatic heterocycles. The van der Waals surface area contributed by atoms with Gasteiger partial charge < -0.3 is 24.8 Å². The van der Waals surface area contributed by atoms with Gasteiger partial charge in [0, 0.05) is 31.6 Å². The number of carboxylic acid groups (broad SMARTS) is 1. The molecule has 0 aromatic carbocycles. The van der Waals surface area contributed by atoms with E-state index in [9.17, 15) is 19.7 Å². The number of carbonyl (C=O) groups excluding carboxylic acids is 1. The molecule has 0 spiro atoms. The minimum atomic E-state index is -1.16. The minimum Gasteiger partial charge on any atom is -0.487 e. The summed E-state index contributed by atoms with van der Waals surface area (Å²) in [4.78, 5) is 38.9. The van der Waals surface area contributed by atoms with Crippen LogP contribution in [0.5, 0.6) is 5.75 Å². The number of nitro groups is 1. The second-order valence-corrected chi connectivity index (χ2v) is 5.69. The summed E-state index contributed by atoms with van der Waals surface area (Å²) in [6.45, 7) is 3.38. The van der Waals surface area contributed by atoms with Gasteiger partial charge in [0.2, 0.25) is 5.75 Å². The fourth-order valence-corrected chi connectivity index (χ4v) is 2.36. The maximum atomic E-state index is 12.4. The van der Waals surface area contributed by atoms with E-state index in [1.165, 1.54) is 6.07 Å². The van der Waals surface area contributed by atoms with Crippen molar-refractivity contribution >= 4 is 17.7 Å². The molecule has 142 valence electrons. The monoisotopic (exact) mass is 368 g/mol. The molecule has 2 N–H and O–H groups in total. The van der Waals surface area contributed by atoms with Gasteiger partial charge in [-0.1, -0.05) is 0 Å². The third-order valence-corrected chi connectivity index (χ3v) is 3.74. The largest absolute Gasteiger partial charge is 0.487 e. The quantitative estimate of drug-likeness (QED) is 0.533. The van der Waals surface area contributed by atoms with Gasteiger partial charge in [0.05, 0.1) is 24.7 Å². The maximum absolute atomic E-state index is 12.4. The summed E-state index contributed by atoms with van der Waals surface area (Å²) >= 11 is 0. The highest BCUT2D eigenvalue weighted by molar-refractivity contribution is 5.93. The van der Waals surface area contributed by atoms with E-state index in [0.717, 1.165) is 6.20 Å². The number of hydrogen-bond acceptors (Lipinski definition) is 7. The molecular formula is C15H20N4O7. The molecule has 1 fully saturated rings. The van der Waals surface area contributed by atoms with E-state index in [2.05, 4.69) is 10.3 Å². The Kier molecular flexibility index (Phi) is 6.67. The van der Waals surface area contributed by atoms with Crippen molar-refractivity contribution in [1.29, 1.82) is 0 Å². The van der Waals surface area contributed by atoms with E-state index >= 15 is 0 Å². The van der Waals surface area contributed by atoms with Gasteiger partial charge in [-0.15, -0.1) is 0 Å². The molecule has 2 amide bonds. The predicted octanol–water partition coefficient (Wildman–Crippen LogP) is 0.887. The average molecular weight is 368 g/mol. The molecule has 2 rings (SSSR count). The smallest absolute Gasteiger partial charge is 0.404 e. The lowest BCUT2D eigenvalue weighted by Gasteiger charge is -2.26. The first-order valence-electron chi connectivity index (χ1n) is 8.02. The number of pyridine rings is 1. The van der Waals surface area contributed by atoms with Gasteiger partial charge in [-0.3, -0.25) is 14.9 Å². The molecule has 26 heavy (non-hydrogen) atoms. The Morgan fingerprint density at radius 2 is 2.19 bits per heavy atom. The SMILES string of the molecule is CC(CCOc1cc(C(=O)N2CCOCC2)ncc1[N+](=O)[O-])NC(=O)O. The Balaban J connectivity index is 2.08. The Hall–Kier alpha value is -2.95. The van der Waals surface area contributed by atoms with E-state index in [1.54, 1.807) is 11.8 Å². The number of hydrogen-bond donors (Lipinski definition) is 2. The van der Waals surface area contributed by atoms with E-state index < -0.39 is 11.0 Å². The lowest BCUT2D eigenvalue weighted by molar-refractivity contribution is -0.386. The molecule has 1 saturated heterocycles. The fraction of sp³-hybridized carbons (Fsp3) is 0.533. The zero-order valence-corrected chi connectivity index (χ0v) is 14.2. The van der Waals surface area contributed by atoms with Crippen LogP contribution < -0.4 is 10.1 Å². The van der Waals surface area contributed by atoms with Crippen LogP contribution in [0.2, 0.25) is 0 Å². The first-order chi connectivity index (χ1) is 12.4. The minimum absolute atomic E-state index is 0.0392. The number of nitrogens with one attached hydrogen (secondary N) is 1. The van der Waals surface area contributed by atoms with Gasteiger partial charge in [0.25, 0.3) is 5.91 Å². The van der Waals surface area contributed by atoms with Crippen molar-refractivity contribution in [3.8, 4) is 5.75 Å². The summed E-state index contributed by atoms with van der Waals surface area (Å²) < 4.78 is 10.6. The molecule has 2 heterocycles. The summed E-state index contributed by atoms with van der Waals surface area (Å²) in [5.74, 6) is -0.432. The van der Waals surface area contributed by atoms with Gasteiger partial charge in [0.1, 0.15) is 11.9 Å². The maximum Gasteiger partial charge on any atom is 0.404 e. The van der Waals surface area contributed by atoms with E-state index in [4.69, 9.17) is 14.6 Å². The van der Waals surface area contributed by atoms with Crippen molar-refractivity contribution in [2.24, 2.45) is 0 Å². The highest BCUT2D eigenvalue weighted by Gasteiger charge is 2.24. The Bertz CT molecular complexity index is 676. The van der Waals surface area contributed by atoms with Gasteiger partial charge >= 0.3 is 11.8 Å². The van der Waals surface area contributed by atoms with Crippen LogP contribution in [0.15, 0.2) is 12.3 Å². The van der Waals surface area contributed by atoms with Crippen molar-refractivity contribution in [2.45, 2.75) is 19.4 Å². The molecule has 0 saturated carbocycles. The molecule has 1 unspecified atom stereocenters. The number of aromatic nitrogens is 1. The summed E-state index contributed by atoms with van der Waals surface area (Å²) in [5, 5.41) is 22.0. The predicted molar refractivity (Wildman–Crippen MR) is 88.3 cm³/mol. The number of amides is 2. The van der Waals surface area contributed by atoms with Gasteiger partial charge in [-0.2, -0.15) is 0 Å². The van der Waals surface area contributed by atoms with Crippen LogP contribution in [0, 0.1) is 10.1 Å². The van der Waals surface area contributed by atoms with Crippen LogP contribution in [0.3, 0.4) is 0 Å². The standard InChI is InChI=1S/C15H20N4O7/c1-10(17-15(21)22)2-5-26-13-8-11(16-9-12(13)19(23)24)14(20)18-3-6-25-7-4-18/h8-10,17H,2-7H2,1H3,(H,21,22). The average Bonchev–Trinajstić information content (AvgIpc) is 2.61. The Labute approximate surface area is 149 Å². The van der Waals surface area contributed by atoms with Crippen LogP contribution in [-0.2, 0) is 4.74 Å². The molecule has 11 nitrogen and oxygen atoms in total. The van der Waals surface area contributed by atoms with E-state index in [1.807, 2.05) is 0 Å². The number of rotatable bonds is 7. The third-order valence-electron chi connectivity index (χ3n) is 3.74.